The van der Waals surface area contributed by atoms with Crippen molar-refractivity contribution in [2.45, 2.75) is 13.3 Å². The Morgan fingerprint density at radius 2 is 1.94 bits per heavy atom. The number of piperazine rings is 1. The Morgan fingerprint density at radius 1 is 1.09 bits per heavy atom. The molecular weight excluding hydrogens is 450 g/mol. The highest BCUT2D eigenvalue weighted by Gasteiger charge is 2.25. The molecule has 0 N–H and O–H groups in total. The number of ether oxygens (including phenoxy) is 3. The zero-order valence-corrected chi connectivity index (χ0v) is 20.6. The van der Waals surface area contributed by atoms with Crippen LogP contribution < -0.4 is 19.3 Å². The van der Waals surface area contributed by atoms with Crippen LogP contribution in [-0.4, -0.2) is 70.6 Å². The topological polar surface area (TPSA) is 54.5 Å². The zero-order valence-electron chi connectivity index (χ0n) is 19.8. The van der Waals surface area contributed by atoms with Crippen molar-refractivity contribution in [3.8, 4) is 11.5 Å². The smallest absolute Gasteiger partial charge is 0.414 e. The Bertz CT molecular complexity index is 1160. The number of nitrogens with zero attached hydrogens (tertiary/aromatic N) is 3. The maximum absolute atomic E-state index is 11.9. The van der Waals surface area contributed by atoms with E-state index >= 15 is 0 Å². The van der Waals surface area contributed by atoms with Crippen molar-refractivity contribution in [2.24, 2.45) is 0 Å². The molecule has 0 radical (unpaired) electrons. The lowest BCUT2D eigenvalue weighted by Crippen LogP contribution is -2.46. The molecule has 3 aromatic rings. The average Bonchev–Trinajstić information content (AvgIpc) is 3.51. The van der Waals surface area contributed by atoms with Gasteiger partial charge in [-0.3, -0.25) is 9.80 Å². The SMILES string of the molecule is COc1cc(N2CCOC2=O)cc(C)c1OCCCN1CCN(c2cccc3sccc23)CC1. The first-order valence-corrected chi connectivity index (χ1v) is 12.7. The molecule has 8 heteroatoms. The Kier molecular flexibility index (Phi) is 6.78. The largest absolute Gasteiger partial charge is 0.493 e. The van der Waals surface area contributed by atoms with Crippen LogP contribution in [0.4, 0.5) is 16.2 Å². The fourth-order valence-electron chi connectivity index (χ4n) is 4.77. The molecule has 2 fully saturated rings. The molecule has 0 spiro atoms. The van der Waals surface area contributed by atoms with Gasteiger partial charge in [-0.25, -0.2) is 4.79 Å². The standard InChI is InChI=1S/C26H31N3O4S/c1-19-17-20(29-13-15-33-26(29)30)18-23(31-2)25(19)32-14-4-8-27-9-11-28(12-10-27)22-5-3-6-24-21(22)7-16-34-24/h3,5-7,16-18H,4,8-15H2,1-2H3. The maximum Gasteiger partial charge on any atom is 0.414 e. The monoisotopic (exact) mass is 481 g/mol. The minimum absolute atomic E-state index is 0.317. The van der Waals surface area contributed by atoms with Gasteiger partial charge in [0.05, 0.1) is 25.9 Å². The predicted octanol–water partition coefficient (Wildman–Crippen LogP) is 4.77. The molecule has 7 nitrogen and oxygen atoms in total. The van der Waals surface area contributed by atoms with Crippen molar-refractivity contribution >= 4 is 38.9 Å². The number of carbonyl (C=O) groups is 1. The molecule has 1 amide bonds. The normalized spacial score (nSPS) is 16.8. The molecular formula is C26H31N3O4S. The lowest BCUT2D eigenvalue weighted by Gasteiger charge is -2.36. The van der Waals surface area contributed by atoms with Crippen LogP contribution in [0.3, 0.4) is 0 Å². The summed E-state index contributed by atoms with van der Waals surface area (Å²) in [6.45, 7) is 8.79. The van der Waals surface area contributed by atoms with Crippen LogP contribution in [0.1, 0.15) is 12.0 Å². The second kappa shape index (κ2) is 10.1. The fourth-order valence-corrected chi connectivity index (χ4v) is 5.58. The van der Waals surface area contributed by atoms with Crippen molar-refractivity contribution in [2.75, 3.05) is 69.4 Å². The van der Waals surface area contributed by atoms with Crippen LogP contribution in [0, 0.1) is 6.92 Å². The average molecular weight is 482 g/mol. The van der Waals surface area contributed by atoms with Crippen molar-refractivity contribution in [3.63, 3.8) is 0 Å². The molecule has 3 heterocycles. The van der Waals surface area contributed by atoms with Crippen LogP contribution in [0.15, 0.2) is 41.8 Å². The molecule has 34 heavy (non-hydrogen) atoms. The highest BCUT2D eigenvalue weighted by atomic mass is 32.1. The van der Waals surface area contributed by atoms with Gasteiger partial charge in [-0.1, -0.05) is 6.07 Å². The third-order valence-electron chi connectivity index (χ3n) is 6.57. The zero-order chi connectivity index (χ0) is 23.5. The van der Waals surface area contributed by atoms with E-state index in [-0.39, 0.29) is 6.09 Å². The summed E-state index contributed by atoms with van der Waals surface area (Å²) in [5, 5.41) is 3.54. The highest BCUT2D eigenvalue weighted by molar-refractivity contribution is 7.17. The minimum atomic E-state index is -0.317. The molecule has 180 valence electrons. The van der Waals surface area contributed by atoms with Gasteiger partial charge in [-0.05, 0) is 48.6 Å². The Morgan fingerprint density at radius 3 is 2.71 bits per heavy atom. The van der Waals surface area contributed by atoms with Gasteiger partial charge in [-0.15, -0.1) is 11.3 Å². The number of cyclic esters (lactones) is 1. The van der Waals surface area contributed by atoms with Gasteiger partial charge >= 0.3 is 6.09 Å². The number of thiophene rings is 1. The van der Waals surface area contributed by atoms with E-state index in [2.05, 4.69) is 39.4 Å². The number of rotatable bonds is 8. The summed E-state index contributed by atoms with van der Waals surface area (Å²) >= 11 is 1.81. The van der Waals surface area contributed by atoms with E-state index in [1.807, 2.05) is 19.1 Å². The first kappa shape index (κ1) is 22.8. The molecule has 0 saturated carbocycles. The third-order valence-corrected chi connectivity index (χ3v) is 7.45. The maximum atomic E-state index is 11.9. The molecule has 0 atom stereocenters. The number of hydrogen-bond donors (Lipinski definition) is 0. The summed E-state index contributed by atoms with van der Waals surface area (Å²) in [5.74, 6) is 1.39. The van der Waals surface area contributed by atoms with E-state index < -0.39 is 0 Å². The van der Waals surface area contributed by atoms with Gasteiger partial charge in [0.2, 0.25) is 0 Å². The molecule has 2 aliphatic heterocycles. The molecule has 0 bridgehead atoms. The van der Waals surface area contributed by atoms with Crippen LogP contribution >= 0.6 is 11.3 Å². The highest BCUT2D eigenvalue weighted by Crippen LogP contribution is 2.36. The van der Waals surface area contributed by atoms with Crippen molar-refractivity contribution < 1.29 is 19.0 Å². The number of carbonyl (C=O) groups excluding carboxylic acids is 1. The molecule has 0 aliphatic carbocycles. The number of hydrogen-bond acceptors (Lipinski definition) is 7. The second-order valence-corrected chi connectivity index (χ2v) is 9.65. The molecule has 5 rings (SSSR count). The summed E-state index contributed by atoms with van der Waals surface area (Å²) in [7, 11) is 1.63. The molecule has 2 saturated heterocycles. The summed E-state index contributed by atoms with van der Waals surface area (Å²) in [6, 6.07) is 12.6. The van der Waals surface area contributed by atoms with Gasteiger partial charge in [0.25, 0.3) is 0 Å². The summed E-state index contributed by atoms with van der Waals surface area (Å²) in [5.41, 5.74) is 3.08. The van der Waals surface area contributed by atoms with Gasteiger partial charge in [0.15, 0.2) is 11.5 Å². The van der Waals surface area contributed by atoms with Gasteiger partial charge < -0.3 is 19.1 Å². The van der Waals surface area contributed by atoms with E-state index in [4.69, 9.17) is 14.2 Å². The second-order valence-electron chi connectivity index (χ2n) is 8.70. The van der Waals surface area contributed by atoms with E-state index in [1.165, 1.54) is 15.8 Å². The molecule has 1 aromatic heterocycles. The first-order valence-electron chi connectivity index (χ1n) is 11.8. The number of fused-ring (bicyclic) bond motifs is 1. The number of benzene rings is 2. The number of anilines is 2. The Labute approximate surface area is 204 Å². The minimum Gasteiger partial charge on any atom is -0.493 e. The van der Waals surface area contributed by atoms with Crippen LogP contribution in [0.2, 0.25) is 0 Å². The van der Waals surface area contributed by atoms with E-state index in [1.54, 1.807) is 23.3 Å². The number of amides is 1. The fraction of sp³-hybridized carbons (Fsp3) is 0.423. The van der Waals surface area contributed by atoms with Crippen LogP contribution in [0.25, 0.3) is 10.1 Å². The summed E-state index contributed by atoms with van der Waals surface area (Å²) in [4.78, 5) is 18.5. The van der Waals surface area contributed by atoms with Crippen molar-refractivity contribution in [1.82, 2.24) is 4.90 Å². The number of methoxy groups -OCH3 is 1. The van der Waals surface area contributed by atoms with E-state index in [0.717, 1.165) is 56.1 Å². The summed E-state index contributed by atoms with van der Waals surface area (Å²) in [6.07, 6.45) is 0.630. The first-order chi connectivity index (χ1) is 16.6. The Balaban J connectivity index is 1.12. The van der Waals surface area contributed by atoms with Gasteiger partial charge in [0.1, 0.15) is 6.61 Å². The number of aryl methyl sites for hydroxylation is 1. The summed E-state index contributed by atoms with van der Waals surface area (Å²) < 4.78 is 18.1. The van der Waals surface area contributed by atoms with Crippen LogP contribution in [-0.2, 0) is 4.74 Å². The van der Waals surface area contributed by atoms with E-state index in [9.17, 15) is 4.79 Å². The van der Waals surface area contributed by atoms with Gasteiger partial charge in [-0.2, -0.15) is 0 Å². The van der Waals surface area contributed by atoms with Crippen molar-refractivity contribution in [1.29, 1.82) is 0 Å². The third kappa shape index (κ3) is 4.65. The van der Waals surface area contributed by atoms with E-state index in [0.29, 0.717) is 25.5 Å². The quantitative estimate of drug-likeness (QED) is 0.432. The lowest BCUT2D eigenvalue weighted by molar-refractivity contribution is 0.181. The molecule has 2 aromatic carbocycles. The Hall–Kier alpha value is -2.97. The lowest BCUT2D eigenvalue weighted by atomic mass is 10.1. The van der Waals surface area contributed by atoms with Crippen molar-refractivity contribution in [3.05, 3.63) is 47.3 Å². The predicted molar refractivity (Wildman–Crippen MR) is 137 cm³/mol. The van der Waals surface area contributed by atoms with Crippen LogP contribution in [0.5, 0.6) is 11.5 Å². The molecule has 2 aliphatic rings. The van der Waals surface area contributed by atoms with Gasteiger partial charge in [0, 0.05) is 54.6 Å². The molecule has 0 unspecified atom stereocenters.